The lowest BCUT2D eigenvalue weighted by Gasteiger charge is -2.29. The fraction of sp³-hybridized carbons (Fsp3) is 0.700. The molecular formula is C10H13NO2. The minimum Gasteiger partial charge on any atom is -0.480 e. The van der Waals surface area contributed by atoms with E-state index in [9.17, 15) is 9.90 Å². The molecule has 2 saturated heterocycles. The molecule has 0 bridgehead atoms. The maximum atomic E-state index is 11.2. The fourth-order valence-corrected chi connectivity index (χ4v) is 3.14. The van der Waals surface area contributed by atoms with Gasteiger partial charge in [-0.2, -0.15) is 0 Å². The lowest BCUT2D eigenvalue weighted by atomic mass is 9.91. The zero-order valence-electron chi connectivity index (χ0n) is 7.49. The van der Waals surface area contributed by atoms with Gasteiger partial charge < -0.3 is 5.11 Å². The van der Waals surface area contributed by atoms with Crippen LogP contribution in [-0.4, -0.2) is 34.1 Å². The van der Waals surface area contributed by atoms with Crippen LogP contribution in [0.15, 0.2) is 12.2 Å². The van der Waals surface area contributed by atoms with Gasteiger partial charge in [0.05, 0.1) is 0 Å². The van der Waals surface area contributed by atoms with Crippen LogP contribution in [0.1, 0.15) is 19.3 Å². The van der Waals surface area contributed by atoms with Crippen LogP contribution in [0, 0.1) is 5.92 Å². The number of rotatable bonds is 1. The van der Waals surface area contributed by atoms with Crippen molar-refractivity contribution in [3.8, 4) is 0 Å². The second kappa shape index (κ2) is 1.98. The van der Waals surface area contributed by atoms with Crippen molar-refractivity contribution in [1.29, 1.82) is 0 Å². The van der Waals surface area contributed by atoms with E-state index in [1.807, 2.05) is 0 Å². The Labute approximate surface area is 77.0 Å². The molecule has 3 fully saturated rings. The molecule has 70 valence electrons. The highest BCUT2D eigenvalue weighted by Gasteiger charge is 2.65. The molecule has 1 saturated carbocycles. The van der Waals surface area contributed by atoms with Gasteiger partial charge in [0.2, 0.25) is 0 Å². The van der Waals surface area contributed by atoms with E-state index in [0.717, 1.165) is 18.5 Å². The first kappa shape index (κ1) is 7.56. The average Bonchev–Trinajstić information content (AvgIpc) is 2.58. The molecule has 1 N–H and O–H groups in total. The second-order valence-electron chi connectivity index (χ2n) is 4.66. The number of carboxylic acid groups (broad SMARTS) is 1. The number of carbonyl (C=O) groups is 1. The third-order valence-corrected chi connectivity index (χ3v) is 3.77. The smallest absolute Gasteiger partial charge is 0.324 e. The number of hydrogen-bond acceptors (Lipinski definition) is 2. The summed E-state index contributed by atoms with van der Waals surface area (Å²) in [5, 5.41) is 9.25. The Kier molecular flexibility index (Phi) is 1.15. The van der Waals surface area contributed by atoms with Crippen LogP contribution >= 0.6 is 0 Å². The second-order valence-corrected chi connectivity index (χ2v) is 4.66. The van der Waals surface area contributed by atoms with Gasteiger partial charge in [-0.15, -0.1) is 0 Å². The third-order valence-electron chi connectivity index (χ3n) is 3.77. The predicted molar refractivity (Wildman–Crippen MR) is 47.3 cm³/mol. The van der Waals surface area contributed by atoms with Crippen molar-refractivity contribution in [3.05, 3.63) is 12.2 Å². The summed E-state index contributed by atoms with van der Waals surface area (Å²) in [6.45, 7) is 4.73. The summed E-state index contributed by atoms with van der Waals surface area (Å²) in [6.07, 6.45) is 2.74. The summed E-state index contributed by atoms with van der Waals surface area (Å²) in [6, 6.07) is 0.565. The topological polar surface area (TPSA) is 40.5 Å². The Balaban J connectivity index is 2.00. The summed E-state index contributed by atoms with van der Waals surface area (Å²) < 4.78 is 0. The molecule has 13 heavy (non-hydrogen) atoms. The van der Waals surface area contributed by atoms with E-state index in [2.05, 4.69) is 11.5 Å². The van der Waals surface area contributed by atoms with E-state index >= 15 is 0 Å². The lowest BCUT2D eigenvalue weighted by molar-refractivity contribution is -0.148. The third kappa shape index (κ3) is 0.759. The Morgan fingerprint density at radius 3 is 3.08 bits per heavy atom. The molecule has 0 amide bonds. The Morgan fingerprint density at radius 1 is 1.69 bits per heavy atom. The Hall–Kier alpha value is -0.830. The predicted octanol–water partition coefficient (Wildman–Crippen LogP) is 0.864. The molecule has 3 atom stereocenters. The van der Waals surface area contributed by atoms with Crippen LogP contribution in [0.4, 0.5) is 0 Å². The van der Waals surface area contributed by atoms with E-state index < -0.39 is 11.5 Å². The van der Waals surface area contributed by atoms with Crippen molar-refractivity contribution in [2.24, 2.45) is 5.92 Å². The van der Waals surface area contributed by atoms with Crippen molar-refractivity contribution in [2.45, 2.75) is 30.8 Å². The molecule has 0 aromatic rings. The summed E-state index contributed by atoms with van der Waals surface area (Å²) in [7, 11) is 0. The first-order valence-electron chi connectivity index (χ1n) is 4.80. The number of fused-ring (bicyclic) bond motifs is 3. The zero-order valence-corrected chi connectivity index (χ0v) is 7.49. The van der Waals surface area contributed by atoms with Crippen molar-refractivity contribution in [3.63, 3.8) is 0 Å². The molecule has 0 radical (unpaired) electrons. The standard InChI is InChI=1S/C10H13NO2/c1-6-3-10(9(12)13)4-7-2-8(7)11(10)5-6/h7-8H,1-5H2,(H,12,13)/t7-,8-,10?/m1/s1. The van der Waals surface area contributed by atoms with Gasteiger partial charge in [-0.1, -0.05) is 12.2 Å². The van der Waals surface area contributed by atoms with Crippen molar-refractivity contribution < 1.29 is 9.90 Å². The van der Waals surface area contributed by atoms with E-state index in [1.165, 1.54) is 6.42 Å². The van der Waals surface area contributed by atoms with E-state index in [-0.39, 0.29) is 0 Å². The Bertz CT molecular complexity index is 312. The van der Waals surface area contributed by atoms with E-state index in [1.54, 1.807) is 0 Å². The van der Waals surface area contributed by atoms with Crippen molar-refractivity contribution in [1.82, 2.24) is 4.90 Å². The molecule has 2 heterocycles. The van der Waals surface area contributed by atoms with Crippen molar-refractivity contribution >= 4 is 5.97 Å². The molecule has 1 unspecified atom stereocenters. The molecular weight excluding hydrogens is 166 g/mol. The summed E-state index contributed by atoms with van der Waals surface area (Å²) >= 11 is 0. The van der Waals surface area contributed by atoms with Crippen LogP contribution in [0.3, 0.4) is 0 Å². The van der Waals surface area contributed by atoms with Gasteiger partial charge in [0, 0.05) is 12.6 Å². The minimum absolute atomic E-state index is 0.551. The number of hydrogen-bond donors (Lipinski definition) is 1. The monoisotopic (exact) mass is 179 g/mol. The van der Waals surface area contributed by atoms with Crippen LogP contribution in [0.5, 0.6) is 0 Å². The van der Waals surface area contributed by atoms with Crippen LogP contribution in [0.25, 0.3) is 0 Å². The van der Waals surface area contributed by atoms with Gasteiger partial charge in [-0.25, -0.2) is 0 Å². The number of carboxylic acids is 1. The average molecular weight is 179 g/mol. The molecule has 3 aliphatic rings. The lowest BCUT2D eigenvalue weighted by Crippen LogP contribution is -2.47. The Morgan fingerprint density at radius 2 is 2.46 bits per heavy atom. The maximum absolute atomic E-state index is 11.2. The number of aliphatic carboxylic acids is 1. The first-order valence-corrected chi connectivity index (χ1v) is 4.80. The first-order chi connectivity index (χ1) is 6.13. The minimum atomic E-state index is -0.640. The van der Waals surface area contributed by atoms with Crippen LogP contribution < -0.4 is 0 Å². The van der Waals surface area contributed by atoms with Gasteiger partial charge in [0.15, 0.2) is 0 Å². The van der Waals surface area contributed by atoms with Crippen LogP contribution in [0.2, 0.25) is 0 Å². The maximum Gasteiger partial charge on any atom is 0.324 e. The summed E-state index contributed by atoms with van der Waals surface area (Å²) in [4.78, 5) is 13.4. The largest absolute Gasteiger partial charge is 0.480 e. The number of piperidine rings is 1. The van der Waals surface area contributed by atoms with Gasteiger partial charge in [0.25, 0.3) is 0 Å². The molecule has 2 aliphatic heterocycles. The highest BCUT2D eigenvalue weighted by atomic mass is 16.4. The SMILES string of the molecule is C=C1CN2[C@@H]3C[C@@H]3CC2(C(=O)O)C1. The summed E-state index contributed by atoms with van der Waals surface area (Å²) in [5.41, 5.74) is 0.540. The van der Waals surface area contributed by atoms with Gasteiger partial charge in [-0.05, 0) is 25.2 Å². The molecule has 0 spiro atoms. The van der Waals surface area contributed by atoms with Gasteiger partial charge in [0.1, 0.15) is 5.54 Å². The molecule has 3 nitrogen and oxygen atoms in total. The molecule has 0 aromatic heterocycles. The van der Waals surface area contributed by atoms with Gasteiger partial charge in [-0.3, -0.25) is 9.69 Å². The van der Waals surface area contributed by atoms with Crippen molar-refractivity contribution in [2.75, 3.05) is 6.54 Å². The van der Waals surface area contributed by atoms with E-state index in [4.69, 9.17) is 0 Å². The zero-order chi connectivity index (χ0) is 9.22. The molecule has 3 heteroatoms. The fourth-order valence-electron chi connectivity index (χ4n) is 3.14. The van der Waals surface area contributed by atoms with Gasteiger partial charge >= 0.3 is 5.97 Å². The normalized spacial score (nSPS) is 47.5. The highest BCUT2D eigenvalue weighted by molar-refractivity contribution is 5.81. The number of nitrogens with zero attached hydrogens (tertiary/aromatic N) is 1. The molecule has 3 rings (SSSR count). The highest BCUT2D eigenvalue weighted by Crippen LogP contribution is 2.57. The quantitative estimate of drug-likeness (QED) is 0.607. The molecule has 0 aromatic carbocycles. The van der Waals surface area contributed by atoms with Crippen LogP contribution in [-0.2, 0) is 4.79 Å². The summed E-state index contributed by atoms with van der Waals surface area (Å²) in [5.74, 6) is 0.0301. The van der Waals surface area contributed by atoms with E-state index in [0.29, 0.717) is 18.4 Å². The molecule has 1 aliphatic carbocycles.